The Morgan fingerprint density at radius 3 is 2.75 bits per heavy atom. The quantitative estimate of drug-likeness (QED) is 0.566. The molecule has 11 heteroatoms. The van der Waals surface area contributed by atoms with E-state index in [2.05, 4.69) is 14.7 Å². The molecule has 1 fully saturated rings. The molecule has 1 aromatic heterocycles. The molecule has 0 bridgehead atoms. The lowest BCUT2D eigenvalue weighted by Crippen LogP contribution is -2.52. The number of benzene rings is 1. The minimum atomic E-state index is -3.16. The van der Waals surface area contributed by atoms with Crippen LogP contribution in [0.25, 0.3) is 0 Å². The normalized spacial score (nSPS) is 16.8. The molecule has 1 aliphatic heterocycles. The molecule has 0 saturated carbocycles. The van der Waals surface area contributed by atoms with Gasteiger partial charge in [-0.3, -0.25) is 10.1 Å². The van der Waals surface area contributed by atoms with Crippen LogP contribution in [0.2, 0.25) is 0 Å². The van der Waals surface area contributed by atoms with E-state index in [1.54, 1.807) is 0 Å². The van der Waals surface area contributed by atoms with Gasteiger partial charge in [0.05, 0.1) is 4.92 Å². The van der Waals surface area contributed by atoms with Crippen LogP contribution in [0, 0.1) is 21.4 Å². The standard InChI is InChI=1S/C17H16F2N6O3/c1-11-10-23(16-13(9-20)21-4-5-22-16)6-7-24(11)12-2-3-14(25(26)27)15(8-12)28-17(18)19/h2-5,8,11,17H,6-7,10H2,1H3. The number of nitrogens with zero attached hydrogens (tertiary/aromatic N) is 6. The molecule has 2 heterocycles. The number of anilines is 2. The Bertz CT molecular complexity index is 920. The summed E-state index contributed by atoms with van der Waals surface area (Å²) < 4.78 is 29.6. The molecule has 0 N–H and O–H groups in total. The van der Waals surface area contributed by atoms with Crippen molar-refractivity contribution >= 4 is 17.2 Å². The van der Waals surface area contributed by atoms with E-state index < -0.39 is 23.0 Å². The molecule has 1 aliphatic rings. The fourth-order valence-corrected chi connectivity index (χ4v) is 3.20. The Morgan fingerprint density at radius 1 is 1.36 bits per heavy atom. The third-order valence-corrected chi connectivity index (χ3v) is 4.40. The van der Waals surface area contributed by atoms with Crippen LogP contribution >= 0.6 is 0 Å². The number of hydrogen-bond donors (Lipinski definition) is 0. The zero-order valence-electron chi connectivity index (χ0n) is 14.8. The Kier molecular flexibility index (Phi) is 5.49. The molecule has 2 aromatic rings. The van der Waals surface area contributed by atoms with E-state index >= 15 is 0 Å². The Hall–Kier alpha value is -3.55. The van der Waals surface area contributed by atoms with E-state index in [-0.39, 0.29) is 11.7 Å². The summed E-state index contributed by atoms with van der Waals surface area (Å²) in [5.74, 6) is 0.00902. The van der Waals surface area contributed by atoms with Gasteiger partial charge in [-0.05, 0) is 13.0 Å². The number of nitriles is 1. The van der Waals surface area contributed by atoms with Crippen LogP contribution in [0.15, 0.2) is 30.6 Å². The lowest BCUT2D eigenvalue weighted by molar-refractivity contribution is -0.386. The second-order valence-corrected chi connectivity index (χ2v) is 6.12. The topological polar surface area (TPSA) is 108 Å². The summed E-state index contributed by atoms with van der Waals surface area (Å²) in [4.78, 5) is 22.4. The predicted molar refractivity (Wildman–Crippen MR) is 95.5 cm³/mol. The molecular weight excluding hydrogens is 374 g/mol. The van der Waals surface area contributed by atoms with Gasteiger partial charge in [0.1, 0.15) is 6.07 Å². The van der Waals surface area contributed by atoms with Crippen LogP contribution in [-0.4, -0.2) is 47.2 Å². The first kappa shape index (κ1) is 19.2. The number of nitro benzene ring substituents is 1. The van der Waals surface area contributed by atoms with Crippen LogP contribution < -0.4 is 14.5 Å². The number of hydrogen-bond acceptors (Lipinski definition) is 8. The van der Waals surface area contributed by atoms with Crippen molar-refractivity contribution in [3.8, 4) is 11.8 Å². The maximum Gasteiger partial charge on any atom is 0.387 e. The molecule has 9 nitrogen and oxygen atoms in total. The largest absolute Gasteiger partial charge is 0.427 e. The SMILES string of the molecule is CC1CN(c2nccnc2C#N)CCN1c1ccc([N+](=O)[O-])c(OC(F)F)c1. The van der Waals surface area contributed by atoms with Crippen LogP contribution in [-0.2, 0) is 0 Å². The van der Waals surface area contributed by atoms with E-state index in [9.17, 15) is 24.2 Å². The third-order valence-electron chi connectivity index (χ3n) is 4.40. The number of alkyl halides is 2. The highest BCUT2D eigenvalue weighted by Crippen LogP contribution is 2.34. The molecule has 1 aromatic carbocycles. The average Bonchev–Trinajstić information content (AvgIpc) is 2.67. The van der Waals surface area contributed by atoms with Gasteiger partial charge in [0.2, 0.25) is 5.75 Å². The van der Waals surface area contributed by atoms with Gasteiger partial charge >= 0.3 is 12.3 Å². The number of ether oxygens (including phenoxy) is 1. The number of aromatic nitrogens is 2. The smallest absolute Gasteiger partial charge is 0.387 e. The maximum atomic E-state index is 12.6. The number of rotatable bonds is 5. The highest BCUT2D eigenvalue weighted by molar-refractivity contribution is 5.61. The number of piperazine rings is 1. The fraction of sp³-hybridized carbons (Fsp3) is 0.353. The summed E-state index contributed by atoms with van der Waals surface area (Å²) in [6.07, 6.45) is 2.96. The van der Waals surface area contributed by atoms with Crippen molar-refractivity contribution in [2.45, 2.75) is 19.6 Å². The van der Waals surface area contributed by atoms with E-state index in [1.807, 2.05) is 22.8 Å². The molecule has 1 atom stereocenters. The summed E-state index contributed by atoms with van der Waals surface area (Å²) >= 11 is 0. The maximum absolute atomic E-state index is 12.6. The first-order valence-electron chi connectivity index (χ1n) is 8.36. The number of halogens is 2. The zero-order chi connectivity index (χ0) is 20.3. The molecule has 28 heavy (non-hydrogen) atoms. The van der Waals surface area contributed by atoms with Crippen molar-refractivity contribution < 1.29 is 18.4 Å². The molecule has 0 aliphatic carbocycles. The minimum Gasteiger partial charge on any atom is -0.427 e. The fourth-order valence-electron chi connectivity index (χ4n) is 3.20. The van der Waals surface area contributed by atoms with Crippen molar-refractivity contribution in [2.75, 3.05) is 29.4 Å². The van der Waals surface area contributed by atoms with Crippen molar-refractivity contribution in [1.29, 1.82) is 5.26 Å². The van der Waals surface area contributed by atoms with Crippen molar-refractivity contribution in [3.05, 3.63) is 46.4 Å². The van der Waals surface area contributed by atoms with Crippen LogP contribution in [0.1, 0.15) is 12.6 Å². The average molecular weight is 390 g/mol. The van der Waals surface area contributed by atoms with Gasteiger partial charge in [-0.1, -0.05) is 0 Å². The highest BCUT2D eigenvalue weighted by Gasteiger charge is 2.28. The van der Waals surface area contributed by atoms with Gasteiger partial charge in [0.15, 0.2) is 11.5 Å². The van der Waals surface area contributed by atoms with Crippen molar-refractivity contribution in [3.63, 3.8) is 0 Å². The second-order valence-electron chi connectivity index (χ2n) is 6.12. The first-order chi connectivity index (χ1) is 13.4. The van der Waals surface area contributed by atoms with Crippen molar-refractivity contribution in [2.24, 2.45) is 0 Å². The Morgan fingerprint density at radius 2 is 2.11 bits per heavy atom. The number of nitro groups is 1. The summed E-state index contributed by atoms with van der Waals surface area (Å²) in [6, 6.07) is 5.84. The predicted octanol–water partition coefficient (Wildman–Crippen LogP) is 2.57. The molecule has 3 rings (SSSR count). The molecular formula is C17H16F2N6O3. The van der Waals surface area contributed by atoms with Gasteiger partial charge in [-0.2, -0.15) is 14.0 Å². The minimum absolute atomic E-state index is 0.0804. The van der Waals surface area contributed by atoms with Crippen molar-refractivity contribution in [1.82, 2.24) is 9.97 Å². The highest BCUT2D eigenvalue weighted by atomic mass is 19.3. The molecule has 0 spiro atoms. The van der Waals surface area contributed by atoms with Gasteiger partial charge in [0, 0.05) is 55.9 Å². The Labute approximate surface area is 158 Å². The van der Waals surface area contributed by atoms with E-state index in [1.165, 1.54) is 24.5 Å². The summed E-state index contributed by atoms with van der Waals surface area (Å²) in [5.41, 5.74) is 0.243. The van der Waals surface area contributed by atoms with E-state index in [4.69, 9.17) is 0 Å². The van der Waals surface area contributed by atoms with E-state index in [0.29, 0.717) is 31.1 Å². The molecule has 146 valence electrons. The van der Waals surface area contributed by atoms with Gasteiger partial charge < -0.3 is 14.5 Å². The molecule has 0 radical (unpaired) electrons. The van der Waals surface area contributed by atoms with Gasteiger partial charge in [-0.25, -0.2) is 9.97 Å². The van der Waals surface area contributed by atoms with Crippen LogP contribution in [0.5, 0.6) is 5.75 Å². The zero-order valence-corrected chi connectivity index (χ0v) is 14.8. The lowest BCUT2D eigenvalue weighted by Gasteiger charge is -2.41. The Balaban J connectivity index is 1.83. The van der Waals surface area contributed by atoms with E-state index in [0.717, 1.165) is 6.07 Å². The molecule has 1 unspecified atom stereocenters. The van der Waals surface area contributed by atoms with Gasteiger partial charge in [-0.15, -0.1) is 0 Å². The summed E-state index contributed by atoms with van der Waals surface area (Å²) in [7, 11) is 0. The van der Waals surface area contributed by atoms with Crippen LogP contribution in [0.4, 0.5) is 26.0 Å². The molecule has 0 amide bonds. The first-order valence-corrected chi connectivity index (χ1v) is 8.36. The van der Waals surface area contributed by atoms with Crippen LogP contribution in [0.3, 0.4) is 0 Å². The molecule has 1 saturated heterocycles. The lowest BCUT2D eigenvalue weighted by atomic mass is 10.1. The third kappa shape index (κ3) is 3.90. The monoisotopic (exact) mass is 390 g/mol. The summed E-state index contributed by atoms with van der Waals surface area (Å²) in [6.45, 7) is 0.275. The van der Waals surface area contributed by atoms with Gasteiger partial charge in [0.25, 0.3) is 0 Å². The second kappa shape index (κ2) is 7.99. The summed E-state index contributed by atoms with van der Waals surface area (Å²) in [5, 5.41) is 20.2.